The Morgan fingerprint density at radius 1 is 1.40 bits per heavy atom. The van der Waals surface area contributed by atoms with Crippen molar-refractivity contribution < 1.29 is 17.6 Å². The summed E-state index contributed by atoms with van der Waals surface area (Å²) in [6.45, 7) is 0. The second-order valence-electron chi connectivity index (χ2n) is 2.67. The van der Waals surface area contributed by atoms with E-state index in [9.17, 15) is 17.6 Å². The molecule has 0 spiro atoms. The molecule has 0 atom stereocenters. The van der Waals surface area contributed by atoms with Gasteiger partial charge >= 0.3 is 0 Å². The summed E-state index contributed by atoms with van der Waals surface area (Å²) in [4.78, 5) is 10.1. The Kier molecular flexibility index (Phi) is 3.12. The third kappa shape index (κ3) is 2.52. The van der Waals surface area contributed by atoms with Crippen molar-refractivity contribution in [1.82, 2.24) is 0 Å². The zero-order valence-electron chi connectivity index (χ0n) is 7.20. The third-order valence-electron chi connectivity index (χ3n) is 1.59. The highest BCUT2D eigenvalue weighted by Crippen LogP contribution is 2.23. The molecule has 1 aromatic carbocycles. The molecule has 4 N–H and O–H groups in total. The topological polar surface area (TPSA) is 103 Å². The number of primary sulfonamides is 1. The number of carbonyl (C=O) groups is 1. The van der Waals surface area contributed by atoms with Crippen molar-refractivity contribution in [3.05, 3.63) is 28.0 Å². The predicted molar refractivity (Wildman–Crippen MR) is 54.0 cm³/mol. The van der Waals surface area contributed by atoms with Crippen LogP contribution < -0.4 is 10.9 Å². The molecule has 0 aromatic heterocycles. The molecule has 0 aliphatic heterocycles. The Labute approximate surface area is 93.4 Å². The zero-order valence-corrected chi connectivity index (χ0v) is 9.60. The molecule has 15 heavy (non-hydrogen) atoms. The maximum absolute atomic E-state index is 13.1. The fourth-order valence-corrected chi connectivity index (χ4v) is 2.06. The van der Waals surface area contributed by atoms with Crippen molar-refractivity contribution in [2.75, 3.05) is 0 Å². The standard InChI is InChI=1S/C7H6BrFN2O3S/c8-4-2-5(9)6(15(11,13)14)1-3(4)7(10)12/h1-2H,(H2,10,12)(H2,11,13,14). The minimum Gasteiger partial charge on any atom is -0.366 e. The summed E-state index contributed by atoms with van der Waals surface area (Å²) in [5, 5.41) is 4.74. The summed E-state index contributed by atoms with van der Waals surface area (Å²) < 4.78 is 35.0. The van der Waals surface area contributed by atoms with E-state index in [1.165, 1.54) is 0 Å². The summed E-state index contributed by atoms with van der Waals surface area (Å²) in [5.74, 6) is -1.93. The van der Waals surface area contributed by atoms with Crippen molar-refractivity contribution >= 4 is 31.9 Å². The van der Waals surface area contributed by atoms with Crippen LogP contribution in [0.1, 0.15) is 10.4 Å². The van der Waals surface area contributed by atoms with Crippen molar-refractivity contribution in [3.8, 4) is 0 Å². The zero-order chi connectivity index (χ0) is 11.8. The van der Waals surface area contributed by atoms with Crippen LogP contribution in [0.4, 0.5) is 4.39 Å². The Balaban J connectivity index is 3.58. The van der Waals surface area contributed by atoms with Gasteiger partial charge in [0.2, 0.25) is 15.9 Å². The fourth-order valence-electron chi connectivity index (χ4n) is 0.936. The highest BCUT2D eigenvalue weighted by atomic mass is 79.9. The van der Waals surface area contributed by atoms with Crippen LogP contribution in [-0.2, 0) is 10.0 Å². The molecule has 1 aromatic rings. The van der Waals surface area contributed by atoms with E-state index in [1.807, 2.05) is 0 Å². The fraction of sp³-hybridized carbons (Fsp3) is 0. The van der Waals surface area contributed by atoms with Gasteiger partial charge in [0.15, 0.2) is 0 Å². The average molecular weight is 297 g/mol. The van der Waals surface area contributed by atoms with Gasteiger partial charge in [-0.1, -0.05) is 0 Å². The molecule has 0 aliphatic rings. The molecule has 0 saturated heterocycles. The first-order chi connectivity index (χ1) is 6.73. The van der Waals surface area contributed by atoms with Gasteiger partial charge in [-0.2, -0.15) is 0 Å². The van der Waals surface area contributed by atoms with Crippen LogP contribution in [0.2, 0.25) is 0 Å². The van der Waals surface area contributed by atoms with E-state index in [2.05, 4.69) is 15.9 Å². The van der Waals surface area contributed by atoms with Gasteiger partial charge in [0, 0.05) is 4.47 Å². The Morgan fingerprint density at radius 2 is 1.93 bits per heavy atom. The number of hydrogen-bond donors (Lipinski definition) is 2. The number of amides is 1. The second kappa shape index (κ2) is 3.87. The van der Waals surface area contributed by atoms with Crippen molar-refractivity contribution in [1.29, 1.82) is 0 Å². The molecular weight excluding hydrogens is 291 g/mol. The first-order valence-electron chi connectivity index (χ1n) is 3.55. The number of rotatable bonds is 2. The van der Waals surface area contributed by atoms with Gasteiger partial charge in [-0.15, -0.1) is 0 Å². The van der Waals surface area contributed by atoms with E-state index in [4.69, 9.17) is 10.9 Å². The Hall–Kier alpha value is -0.990. The van der Waals surface area contributed by atoms with Crippen LogP contribution >= 0.6 is 15.9 Å². The van der Waals surface area contributed by atoms with Crippen molar-refractivity contribution in [3.63, 3.8) is 0 Å². The normalized spacial score (nSPS) is 11.4. The largest absolute Gasteiger partial charge is 0.366 e. The summed E-state index contributed by atoms with van der Waals surface area (Å²) in [6.07, 6.45) is 0. The molecule has 5 nitrogen and oxygen atoms in total. The van der Waals surface area contributed by atoms with E-state index in [0.717, 1.165) is 12.1 Å². The van der Waals surface area contributed by atoms with Crippen LogP contribution in [-0.4, -0.2) is 14.3 Å². The van der Waals surface area contributed by atoms with Crippen LogP contribution in [0.25, 0.3) is 0 Å². The number of sulfonamides is 1. The molecule has 8 heteroatoms. The maximum Gasteiger partial charge on any atom is 0.249 e. The summed E-state index contributed by atoms with van der Waals surface area (Å²) in [6, 6.07) is 1.61. The molecule has 0 heterocycles. The van der Waals surface area contributed by atoms with E-state index >= 15 is 0 Å². The van der Waals surface area contributed by atoms with Gasteiger partial charge in [-0.25, -0.2) is 17.9 Å². The molecule has 1 rings (SSSR count). The predicted octanol–water partition coefficient (Wildman–Crippen LogP) is 0.335. The number of benzene rings is 1. The van der Waals surface area contributed by atoms with Gasteiger partial charge in [-0.05, 0) is 28.1 Å². The SMILES string of the molecule is NC(=O)c1cc(S(N)(=O)=O)c(F)cc1Br. The first kappa shape index (κ1) is 12.1. The molecule has 82 valence electrons. The molecular formula is C7H6BrFN2O3S. The van der Waals surface area contributed by atoms with Crippen LogP contribution in [0.5, 0.6) is 0 Å². The minimum absolute atomic E-state index is 0.0694. The quantitative estimate of drug-likeness (QED) is 0.822. The molecule has 1 amide bonds. The lowest BCUT2D eigenvalue weighted by atomic mass is 10.2. The Morgan fingerprint density at radius 3 is 2.33 bits per heavy atom. The first-order valence-corrected chi connectivity index (χ1v) is 5.89. The van der Waals surface area contributed by atoms with Crippen LogP contribution in [0.3, 0.4) is 0 Å². The molecule has 0 unspecified atom stereocenters. The van der Waals surface area contributed by atoms with Crippen LogP contribution in [0, 0.1) is 5.82 Å². The molecule has 0 saturated carbocycles. The number of primary amides is 1. The van der Waals surface area contributed by atoms with E-state index in [1.54, 1.807) is 0 Å². The number of hydrogen-bond acceptors (Lipinski definition) is 3. The third-order valence-corrected chi connectivity index (χ3v) is 3.18. The van der Waals surface area contributed by atoms with Gasteiger partial charge in [0.25, 0.3) is 0 Å². The van der Waals surface area contributed by atoms with E-state index in [-0.39, 0.29) is 10.0 Å². The molecule has 0 bridgehead atoms. The summed E-state index contributed by atoms with van der Waals surface area (Å²) in [5.41, 5.74) is 4.80. The van der Waals surface area contributed by atoms with Gasteiger partial charge in [0.1, 0.15) is 10.7 Å². The monoisotopic (exact) mass is 296 g/mol. The minimum atomic E-state index is -4.21. The van der Waals surface area contributed by atoms with Gasteiger partial charge in [0.05, 0.1) is 5.56 Å². The Bertz CT molecular complexity index is 529. The highest BCUT2D eigenvalue weighted by molar-refractivity contribution is 9.10. The van der Waals surface area contributed by atoms with E-state index in [0.29, 0.717) is 0 Å². The number of halogens is 2. The lowest BCUT2D eigenvalue weighted by Crippen LogP contribution is -2.17. The second-order valence-corrected chi connectivity index (χ2v) is 5.06. The number of carbonyl (C=O) groups excluding carboxylic acids is 1. The summed E-state index contributed by atoms with van der Waals surface area (Å²) >= 11 is 2.87. The smallest absolute Gasteiger partial charge is 0.249 e. The molecule has 0 radical (unpaired) electrons. The van der Waals surface area contributed by atoms with Crippen molar-refractivity contribution in [2.24, 2.45) is 10.9 Å². The lowest BCUT2D eigenvalue weighted by molar-refractivity contribution is 0.0999. The summed E-state index contributed by atoms with van der Waals surface area (Å²) in [7, 11) is -4.21. The molecule has 0 aliphatic carbocycles. The molecule has 0 fully saturated rings. The van der Waals surface area contributed by atoms with Crippen LogP contribution in [0.15, 0.2) is 21.5 Å². The van der Waals surface area contributed by atoms with Gasteiger partial charge in [-0.3, -0.25) is 4.79 Å². The lowest BCUT2D eigenvalue weighted by Gasteiger charge is -2.04. The number of nitrogens with two attached hydrogens (primary N) is 2. The maximum atomic E-state index is 13.1. The average Bonchev–Trinajstić information content (AvgIpc) is 2.00. The van der Waals surface area contributed by atoms with Gasteiger partial charge < -0.3 is 5.73 Å². The van der Waals surface area contributed by atoms with Crippen molar-refractivity contribution in [2.45, 2.75) is 4.90 Å². The highest BCUT2D eigenvalue weighted by Gasteiger charge is 2.19. The van der Waals surface area contributed by atoms with E-state index < -0.39 is 26.6 Å².